The SMILES string of the molecule is O=S(=O)(Nc1cnc2cc(-c3ccccc3)cc(F)c2c1)C1CC1. The number of anilines is 1. The maximum Gasteiger partial charge on any atom is 0.235 e. The van der Waals surface area contributed by atoms with Crippen molar-refractivity contribution < 1.29 is 12.8 Å². The van der Waals surface area contributed by atoms with Gasteiger partial charge in [-0.05, 0) is 42.2 Å². The van der Waals surface area contributed by atoms with E-state index in [0.717, 1.165) is 11.1 Å². The fourth-order valence-corrected chi connectivity index (χ4v) is 4.03. The van der Waals surface area contributed by atoms with Crippen molar-refractivity contribution in [3.63, 3.8) is 0 Å². The summed E-state index contributed by atoms with van der Waals surface area (Å²) in [5, 5.41) is -0.0378. The molecule has 4 nitrogen and oxygen atoms in total. The van der Waals surface area contributed by atoms with E-state index in [-0.39, 0.29) is 5.25 Å². The van der Waals surface area contributed by atoms with Gasteiger partial charge in [-0.2, -0.15) is 0 Å². The maximum absolute atomic E-state index is 14.5. The van der Waals surface area contributed by atoms with Crippen LogP contribution in [-0.4, -0.2) is 18.7 Å². The average molecular weight is 342 g/mol. The van der Waals surface area contributed by atoms with Crippen molar-refractivity contribution in [1.82, 2.24) is 4.98 Å². The summed E-state index contributed by atoms with van der Waals surface area (Å²) in [6.45, 7) is 0. The lowest BCUT2D eigenvalue weighted by Crippen LogP contribution is -2.17. The Morgan fingerprint density at radius 1 is 1.04 bits per heavy atom. The zero-order chi connectivity index (χ0) is 16.7. The number of halogens is 1. The van der Waals surface area contributed by atoms with Gasteiger partial charge in [0, 0.05) is 5.39 Å². The minimum Gasteiger partial charge on any atom is -0.282 e. The molecule has 1 saturated carbocycles. The van der Waals surface area contributed by atoms with Crippen LogP contribution in [0.1, 0.15) is 12.8 Å². The molecule has 4 rings (SSSR count). The smallest absolute Gasteiger partial charge is 0.235 e. The van der Waals surface area contributed by atoms with Crippen molar-refractivity contribution >= 4 is 26.6 Å². The number of sulfonamides is 1. The lowest BCUT2D eigenvalue weighted by Gasteiger charge is -2.09. The first-order valence-corrected chi connectivity index (χ1v) is 9.24. The average Bonchev–Trinajstić information content (AvgIpc) is 3.41. The molecule has 24 heavy (non-hydrogen) atoms. The summed E-state index contributed by atoms with van der Waals surface area (Å²) in [5.41, 5.74) is 2.42. The first kappa shape index (κ1) is 15.1. The molecule has 1 aliphatic carbocycles. The van der Waals surface area contributed by atoms with E-state index >= 15 is 0 Å². The summed E-state index contributed by atoms with van der Waals surface area (Å²) in [5.74, 6) is -0.425. The number of rotatable bonds is 4. The second-order valence-corrected chi connectivity index (χ2v) is 7.92. The fourth-order valence-electron chi connectivity index (χ4n) is 2.66. The first-order valence-electron chi connectivity index (χ1n) is 7.69. The number of nitrogens with zero attached hydrogens (tertiary/aromatic N) is 1. The monoisotopic (exact) mass is 342 g/mol. The molecule has 1 aromatic heterocycles. The molecular weight excluding hydrogens is 327 g/mol. The Bertz CT molecular complexity index is 1020. The molecule has 6 heteroatoms. The van der Waals surface area contributed by atoms with Crippen LogP contribution in [-0.2, 0) is 10.0 Å². The lowest BCUT2D eigenvalue weighted by atomic mass is 10.0. The van der Waals surface area contributed by atoms with Gasteiger partial charge < -0.3 is 0 Å². The second kappa shape index (κ2) is 5.56. The molecule has 1 fully saturated rings. The molecule has 0 atom stereocenters. The van der Waals surface area contributed by atoms with Crippen molar-refractivity contribution in [1.29, 1.82) is 0 Å². The second-order valence-electron chi connectivity index (χ2n) is 5.96. The Kier molecular flexibility index (Phi) is 3.49. The van der Waals surface area contributed by atoms with Crippen LogP contribution in [0.5, 0.6) is 0 Å². The van der Waals surface area contributed by atoms with Crippen molar-refractivity contribution in [3.8, 4) is 11.1 Å². The van der Waals surface area contributed by atoms with Gasteiger partial charge in [-0.15, -0.1) is 0 Å². The van der Waals surface area contributed by atoms with Gasteiger partial charge in [-0.25, -0.2) is 12.8 Å². The van der Waals surface area contributed by atoms with E-state index in [1.54, 1.807) is 6.07 Å². The van der Waals surface area contributed by atoms with Gasteiger partial charge in [0.1, 0.15) is 5.82 Å². The van der Waals surface area contributed by atoms with Gasteiger partial charge in [0.25, 0.3) is 0 Å². The molecular formula is C18H15FN2O2S. The molecule has 0 aliphatic heterocycles. The summed E-state index contributed by atoms with van der Waals surface area (Å²) in [7, 11) is -3.39. The molecule has 1 heterocycles. The standard InChI is InChI=1S/C18H15FN2O2S/c19-17-8-13(12-4-2-1-3-5-12)9-18-16(17)10-14(11-20-18)21-24(22,23)15-6-7-15/h1-5,8-11,15,21H,6-7H2. The van der Waals surface area contributed by atoms with Crippen LogP contribution in [0.2, 0.25) is 0 Å². The van der Waals surface area contributed by atoms with Crippen LogP contribution in [0.25, 0.3) is 22.0 Å². The zero-order valence-corrected chi connectivity index (χ0v) is 13.6. The van der Waals surface area contributed by atoms with Gasteiger partial charge in [0.2, 0.25) is 10.0 Å². The number of pyridine rings is 1. The summed E-state index contributed by atoms with van der Waals surface area (Å²) < 4.78 is 41.0. The molecule has 1 aliphatic rings. The molecule has 0 bridgehead atoms. The molecule has 3 aromatic rings. The van der Waals surface area contributed by atoms with Crippen LogP contribution in [0.15, 0.2) is 54.7 Å². The highest BCUT2D eigenvalue weighted by atomic mass is 32.2. The first-order chi connectivity index (χ1) is 11.5. The molecule has 0 radical (unpaired) electrons. The zero-order valence-electron chi connectivity index (χ0n) is 12.7. The van der Waals surface area contributed by atoms with E-state index in [1.807, 2.05) is 30.3 Å². The Hall–Kier alpha value is -2.47. The van der Waals surface area contributed by atoms with E-state index in [1.165, 1.54) is 18.3 Å². The molecule has 0 unspecified atom stereocenters. The minimum atomic E-state index is -3.39. The third-order valence-electron chi connectivity index (χ3n) is 4.08. The quantitative estimate of drug-likeness (QED) is 0.781. The van der Waals surface area contributed by atoms with Crippen LogP contribution >= 0.6 is 0 Å². The molecule has 0 saturated heterocycles. The fraction of sp³-hybridized carbons (Fsp3) is 0.167. The van der Waals surface area contributed by atoms with Crippen molar-refractivity contribution in [2.75, 3.05) is 4.72 Å². The van der Waals surface area contributed by atoms with E-state index in [2.05, 4.69) is 9.71 Å². The molecule has 1 N–H and O–H groups in total. The number of aromatic nitrogens is 1. The Morgan fingerprint density at radius 3 is 2.50 bits per heavy atom. The summed E-state index contributed by atoms with van der Waals surface area (Å²) >= 11 is 0. The predicted octanol–water partition coefficient (Wildman–Crippen LogP) is 3.95. The largest absolute Gasteiger partial charge is 0.282 e. The highest BCUT2D eigenvalue weighted by Gasteiger charge is 2.35. The Balaban J connectivity index is 1.74. The topological polar surface area (TPSA) is 59.1 Å². The third kappa shape index (κ3) is 2.85. The molecule has 0 spiro atoms. The Labute approximate surface area is 139 Å². The number of nitrogens with one attached hydrogen (secondary N) is 1. The lowest BCUT2D eigenvalue weighted by molar-refractivity contribution is 0.600. The normalized spacial score (nSPS) is 14.7. The van der Waals surface area contributed by atoms with E-state index in [9.17, 15) is 12.8 Å². The minimum absolute atomic E-state index is 0.292. The van der Waals surface area contributed by atoms with Crippen LogP contribution in [0, 0.1) is 5.82 Å². The number of fused-ring (bicyclic) bond motifs is 1. The number of hydrogen-bond acceptors (Lipinski definition) is 3. The molecule has 122 valence electrons. The van der Waals surface area contributed by atoms with E-state index < -0.39 is 15.8 Å². The third-order valence-corrected chi connectivity index (χ3v) is 5.95. The molecule has 2 aromatic carbocycles. The number of hydrogen-bond donors (Lipinski definition) is 1. The molecule has 0 amide bonds. The van der Waals surface area contributed by atoms with Crippen LogP contribution in [0.3, 0.4) is 0 Å². The highest BCUT2D eigenvalue weighted by Crippen LogP contribution is 2.31. The van der Waals surface area contributed by atoms with Crippen molar-refractivity contribution in [2.24, 2.45) is 0 Å². The predicted molar refractivity (Wildman–Crippen MR) is 92.7 cm³/mol. The van der Waals surface area contributed by atoms with Gasteiger partial charge in [-0.1, -0.05) is 30.3 Å². The van der Waals surface area contributed by atoms with Crippen molar-refractivity contribution in [3.05, 3.63) is 60.5 Å². The van der Waals surface area contributed by atoms with Gasteiger partial charge in [-0.3, -0.25) is 9.71 Å². The number of benzene rings is 2. The van der Waals surface area contributed by atoms with E-state index in [0.29, 0.717) is 29.4 Å². The maximum atomic E-state index is 14.5. The Morgan fingerprint density at radius 2 is 1.79 bits per heavy atom. The summed E-state index contributed by atoms with van der Waals surface area (Å²) in [4.78, 5) is 4.23. The summed E-state index contributed by atoms with van der Waals surface area (Å²) in [6, 6.07) is 14.2. The van der Waals surface area contributed by atoms with Crippen molar-refractivity contribution in [2.45, 2.75) is 18.1 Å². The van der Waals surface area contributed by atoms with Crippen LogP contribution in [0.4, 0.5) is 10.1 Å². The van der Waals surface area contributed by atoms with Gasteiger partial charge >= 0.3 is 0 Å². The van der Waals surface area contributed by atoms with E-state index in [4.69, 9.17) is 0 Å². The van der Waals surface area contributed by atoms with Crippen LogP contribution < -0.4 is 4.72 Å². The van der Waals surface area contributed by atoms with Gasteiger partial charge in [0.15, 0.2) is 0 Å². The highest BCUT2D eigenvalue weighted by molar-refractivity contribution is 7.93. The van der Waals surface area contributed by atoms with Gasteiger partial charge in [0.05, 0.1) is 22.7 Å². The summed E-state index contributed by atoms with van der Waals surface area (Å²) in [6.07, 6.45) is 2.77.